The van der Waals surface area contributed by atoms with Gasteiger partial charge in [0.05, 0.1) is 0 Å². The number of hydrogen-bond donors (Lipinski definition) is 0. The molecule has 0 atom stereocenters. The molecule has 0 N–H and O–H groups in total. The van der Waals surface area contributed by atoms with Crippen LogP contribution < -0.4 is 0 Å². The molecule has 104 valence electrons. The fourth-order valence-corrected chi connectivity index (χ4v) is 3.20. The lowest BCUT2D eigenvalue weighted by atomic mass is 9.93. The van der Waals surface area contributed by atoms with Crippen LogP contribution in [-0.2, 0) is 4.79 Å². The molecule has 0 aromatic heterocycles. The van der Waals surface area contributed by atoms with Gasteiger partial charge in [-0.3, -0.25) is 4.79 Å². The van der Waals surface area contributed by atoms with Crippen molar-refractivity contribution in [1.82, 2.24) is 9.80 Å². The van der Waals surface area contributed by atoms with Crippen molar-refractivity contribution in [1.29, 1.82) is 0 Å². The summed E-state index contributed by atoms with van der Waals surface area (Å²) >= 11 is 0. The maximum absolute atomic E-state index is 11.6. The summed E-state index contributed by atoms with van der Waals surface area (Å²) in [5.74, 6) is 2.07. The first-order chi connectivity index (χ1) is 8.69. The van der Waals surface area contributed by atoms with Gasteiger partial charge in [-0.2, -0.15) is 0 Å². The average molecular weight is 252 g/mol. The zero-order chi connectivity index (χ0) is 13.0. The third-order valence-electron chi connectivity index (χ3n) is 4.66. The number of rotatable bonds is 3. The Morgan fingerprint density at radius 2 is 1.67 bits per heavy atom. The Morgan fingerprint density at radius 1 is 1.06 bits per heavy atom. The van der Waals surface area contributed by atoms with Crippen molar-refractivity contribution in [3.63, 3.8) is 0 Å². The molecule has 3 nitrogen and oxygen atoms in total. The predicted molar refractivity (Wildman–Crippen MR) is 74.4 cm³/mol. The summed E-state index contributed by atoms with van der Waals surface area (Å²) in [7, 11) is 0. The molecule has 0 saturated carbocycles. The number of nitrogens with zero attached hydrogens (tertiary/aromatic N) is 2. The highest BCUT2D eigenvalue weighted by Crippen LogP contribution is 2.22. The molecule has 2 saturated heterocycles. The number of carbonyl (C=O) groups is 1. The van der Waals surface area contributed by atoms with Gasteiger partial charge in [0, 0.05) is 26.1 Å². The van der Waals surface area contributed by atoms with Crippen LogP contribution in [0.25, 0.3) is 0 Å². The molecule has 2 rings (SSSR count). The van der Waals surface area contributed by atoms with E-state index in [0.717, 1.165) is 24.9 Å². The monoisotopic (exact) mass is 252 g/mol. The van der Waals surface area contributed by atoms with Gasteiger partial charge in [0.1, 0.15) is 0 Å². The largest absolute Gasteiger partial charge is 0.343 e. The van der Waals surface area contributed by atoms with Gasteiger partial charge in [0.2, 0.25) is 5.91 Å². The van der Waals surface area contributed by atoms with E-state index >= 15 is 0 Å². The fourth-order valence-electron chi connectivity index (χ4n) is 3.20. The summed E-state index contributed by atoms with van der Waals surface area (Å²) < 4.78 is 0. The zero-order valence-electron chi connectivity index (χ0n) is 12.0. The first kappa shape index (κ1) is 13.9. The first-order valence-electron chi connectivity index (χ1n) is 7.69. The Labute approximate surface area is 112 Å². The molecule has 0 aromatic rings. The molecule has 2 heterocycles. The summed E-state index contributed by atoms with van der Waals surface area (Å²) in [6, 6.07) is 0. The Morgan fingerprint density at radius 3 is 2.22 bits per heavy atom. The third-order valence-corrected chi connectivity index (χ3v) is 4.66. The zero-order valence-corrected chi connectivity index (χ0v) is 12.0. The topological polar surface area (TPSA) is 23.6 Å². The van der Waals surface area contributed by atoms with Gasteiger partial charge in [0.15, 0.2) is 0 Å². The highest BCUT2D eigenvalue weighted by molar-refractivity contribution is 5.75. The minimum atomic E-state index is 0.334. The van der Waals surface area contributed by atoms with Crippen molar-refractivity contribution in [3.05, 3.63) is 0 Å². The van der Waals surface area contributed by atoms with Crippen molar-refractivity contribution < 1.29 is 4.79 Å². The molecule has 0 radical (unpaired) electrons. The minimum Gasteiger partial charge on any atom is -0.343 e. The van der Waals surface area contributed by atoms with E-state index in [1.807, 2.05) is 6.92 Å². The molecule has 0 aliphatic carbocycles. The van der Waals surface area contributed by atoms with Crippen LogP contribution in [0.4, 0.5) is 0 Å². The van der Waals surface area contributed by atoms with E-state index in [1.54, 1.807) is 0 Å². The van der Waals surface area contributed by atoms with E-state index < -0.39 is 0 Å². The molecule has 1 amide bonds. The first-order valence-corrected chi connectivity index (χ1v) is 7.69. The predicted octanol–water partition coefficient (Wildman–Crippen LogP) is 2.37. The maximum atomic E-state index is 11.6. The molecular weight excluding hydrogens is 224 g/mol. The smallest absolute Gasteiger partial charge is 0.222 e. The lowest BCUT2D eigenvalue weighted by Gasteiger charge is -2.37. The lowest BCUT2D eigenvalue weighted by molar-refractivity contribution is -0.132. The Balaban J connectivity index is 1.69. The summed E-state index contributed by atoms with van der Waals surface area (Å²) in [5.41, 5.74) is 0. The van der Waals surface area contributed by atoms with Crippen LogP contribution in [0.1, 0.15) is 46.0 Å². The second-order valence-corrected chi connectivity index (χ2v) is 6.16. The van der Waals surface area contributed by atoms with E-state index in [1.165, 1.54) is 45.3 Å². The second kappa shape index (κ2) is 6.55. The van der Waals surface area contributed by atoms with Gasteiger partial charge in [-0.25, -0.2) is 0 Å². The van der Waals surface area contributed by atoms with Gasteiger partial charge in [-0.05, 0) is 50.6 Å². The lowest BCUT2D eigenvalue weighted by Crippen LogP contribution is -2.43. The van der Waals surface area contributed by atoms with Gasteiger partial charge < -0.3 is 9.80 Å². The van der Waals surface area contributed by atoms with Crippen LogP contribution >= 0.6 is 0 Å². The molecule has 0 bridgehead atoms. The van der Waals surface area contributed by atoms with Crippen molar-refractivity contribution in [3.8, 4) is 0 Å². The van der Waals surface area contributed by atoms with E-state index in [0.29, 0.717) is 12.3 Å². The molecule has 3 heteroatoms. The standard InChI is InChI=1S/C15H28N2O/c1-3-15(18)17-10-6-14(7-11-17)12-16-8-4-13(2)5-9-16/h13-14H,3-12H2,1-2H3. The third kappa shape index (κ3) is 3.71. The highest BCUT2D eigenvalue weighted by Gasteiger charge is 2.24. The normalized spacial score (nSPS) is 24.4. The average Bonchev–Trinajstić information content (AvgIpc) is 2.41. The van der Waals surface area contributed by atoms with Crippen LogP contribution in [-0.4, -0.2) is 48.4 Å². The van der Waals surface area contributed by atoms with Gasteiger partial charge in [0.25, 0.3) is 0 Å². The van der Waals surface area contributed by atoms with Gasteiger partial charge in [-0.1, -0.05) is 13.8 Å². The van der Waals surface area contributed by atoms with Crippen LogP contribution in [0.3, 0.4) is 0 Å². The minimum absolute atomic E-state index is 0.334. The van der Waals surface area contributed by atoms with Crippen molar-refractivity contribution in [2.24, 2.45) is 11.8 Å². The Hall–Kier alpha value is -0.570. The van der Waals surface area contributed by atoms with Crippen molar-refractivity contribution >= 4 is 5.91 Å². The molecule has 2 aliphatic rings. The second-order valence-electron chi connectivity index (χ2n) is 6.16. The number of likely N-dealkylation sites (tertiary alicyclic amines) is 2. The van der Waals surface area contributed by atoms with E-state index in [-0.39, 0.29) is 0 Å². The summed E-state index contributed by atoms with van der Waals surface area (Å²) in [6.45, 7) is 10.1. The molecule has 0 unspecified atom stereocenters. The van der Waals surface area contributed by atoms with Crippen molar-refractivity contribution in [2.75, 3.05) is 32.7 Å². The molecule has 2 aliphatic heterocycles. The van der Waals surface area contributed by atoms with Crippen molar-refractivity contribution in [2.45, 2.75) is 46.0 Å². The molecule has 0 aromatic carbocycles. The quantitative estimate of drug-likeness (QED) is 0.770. The van der Waals surface area contributed by atoms with E-state index in [2.05, 4.69) is 16.7 Å². The molecular formula is C15H28N2O. The van der Waals surface area contributed by atoms with Crippen LogP contribution in [0.15, 0.2) is 0 Å². The summed E-state index contributed by atoms with van der Waals surface area (Å²) in [4.78, 5) is 16.3. The van der Waals surface area contributed by atoms with Gasteiger partial charge in [-0.15, -0.1) is 0 Å². The molecule has 18 heavy (non-hydrogen) atoms. The Kier molecular flexibility index (Phi) is 5.04. The molecule has 0 spiro atoms. The number of hydrogen-bond acceptors (Lipinski definition) is 2. The van der Waals surface area contributed by atoms with E-state index in [9.17, 15) is 4.79 Å². The number of amides is 1. The summed E-state index contributed by atoms with van der Waals surface area (Å²) in [5, 5.41) is 0. The summed E-state index contributed by atoms with van der Waals surface area (Å²) in [6.07, 6.45) is 5.81. The fraction of sp³-hybridized carbons (Fsp3) is 0.933. The van der Waals surface area contributed by atoms with E-state index in [4.69, 9.17) is 0 Å². The van der Waals surface area contributed by atoms with Crippen LogP contribution in [0, 0.1) is 11.8 Å². The van der Waals surface area contributed by atoms with Crippen LogP contribution in [0.2, 0.25) is 0 Å². The van der Waals surface area contributed by atoms with Crippen LogP contribution in [0.5, 0.6) is 0 Å². The number of piperidine rings is 2. The highest BCUT2D eigenvalue weighted by atomic mass is 16.2. The number of carbonyl (C=O) groups excluding carboxylic acids is 1. The van der Waals surface area contributed by atoms with Gasteiger partial charge >= 0.3 is 0 Å². The molecule has 2 fully saturated rings. The Bertz CT molecular complexity index is 264. The maximum Gasteiger partial charge on any atom is 0.222 e. The SMILES string of the molecule is CCC(=O)N1CCC(CN2CCC(C)CC2)CC1.